The number of hydrogen-bond donors (Lipinski definition) is 0. The third-order valence-electron chi connectivity index (χ3n) is 2.06. The summed E-state index contributed by atoms with van der Waals surface area (Å²) < 4.78 is 40.1. The Labute approximate surface area is 105 Å². The largest absolute Gasteiger partial charge is 0.573 e. The molecule has 1 rings (SSSR count). The molecule has 1 atom stereocenters. The number of alkyl halides is 4. The summed E-state index contributed by atoms with van der Waals surface area (Å²) in [5.41, 5.74) is 0.500. The third kappa shape index (κ3) is 4.03. The van der Waals surface area contributed by atoms with Crippen molar-refractivity contribution in [1.82, 2.24) is 0 Å². The van der Waals surface area contributed by atoms with Gasteiger partial charge in [0.1, 0.15) is 5.75 Å². The quantitative estimate of drug-likeness (QED) is 0.626. The van der Waals surface area contributed by atoms with Crippen LogP contribution in [0.3, 0.4) is 0 Å². The first kappa shape index (κ1) is 14.0. The Morgan fingerprint density at radius 3 is 2.47 bits per heavy atom. The number of rotatable bonds is 3. The molecule has 0 aliphatic carbocycles. The van der Waals surface area contributed by atoms with Gasteiger partial charge in [-0.3, -0.25) is 4.79 Å². The first-order valence-electron chi connectivity index (χ1n) is 4.75. The number of aryl methyl sites for hydroxylation is 1. The Kier molecular flexibility index (Phi) is 4.19. The number of benzene rings is 1. The smallest absolute Gasteiger partial charge is 0.405 e. The molecule has 0 N–H and O–H groups in total. The van der Waals surface area contributed by atoms with Crippen molar-refractivity contribution in [2.75, 3.05) is 0 Å². The van der Waals surface area contributed by atoms with Crippen molar-refractivity contribution in [2.45, 2.75) is 25.0 Å². The Balaban J connectivity index is 3.07. The molecule has 0 bridgehead atoms. The summed E-state index contributed by atoms with van der Waals surface area (Å²) in [6.45, 7) is 3.08. The molecular weight excluding hydrogens is 301 g/mol. The van der Waals surface area contributed by atoms with Gasteiger partial charge in [-0.1, -0.05) is 28.1 Å². The summed E-state index contributed by atoms with van der Waals surface area (Å²) in [5.74, 6) is -0.645. The van der Waals surface area contributed by atoms with Crippen molar-refractivity contribution < 1.29 is 22.7 Å². The highest BCUT2D eigenvalue weighted by Gasteiger charge is 2.32. The maximum Gasteiger partial charge on any atom is 0.573 e. The summed E-state index contributed by atoms with van der Waals surface area (Å²) in [5, 5.41) is 0. The fourth-order valence-electron chi connectivity index (χ4n) is 1.22. The zero-order chi connectivity index (χ0) is 13.2. The molecule has 1 aromatic carbocycles. The SMILES string of the molecule is Cc1ccc(C(=O)C(C)Br)cc1OC(F)(F)F. The molecule has 2 nitrogen and oxygen atoms in total. The molecule has 0 heterocycles. The number of ether oxygens (including phenoxy) is 1. The molecule has 1 aromatic rings. The lowest BCUT2D eigenvalue weighted by molar-refractivity contribution is -0.274. The van der Waals surface area contributed by atoms with Crippen LogP contribution in [-0.2, 0) is 0 Å². The third-order valence-corrected chi connectivity index (χ3v) is 2.48. The van der Waals surface area contributed by atoms with Crippen LogP contribution in [0.15, 0.2) is 18.2 Å². The number of hydrogen-bond acceptors (Lipinski definition) is 2. The molecule has 0 radical (unpaired) electrons. The molecule has 6 heteroatoms. The van der Waals surface area contributed by atoms with Crippen LogP contribution in [-0.4, -0.2) is 17.0 Å². The van der Waals surface area contributed by atoms with Crippen molar-refractivity contribution in [3.8, 4) is 5.75 Å². The van der Waals surface area contributed by atoms with Gasteiger partial charge in [-0.25, -0.2) is 0 Å². The van der Waals surface area contributed by atoms with E-state index in [4.69, 9.17) is 0 Å². The van der Waals surface area contributed by atoms with Crippen LogP contribution in [0.1, 0.15) is 22.8 Å². The van der Waals surface area contributed by atoms with Crippen LogP contribution in [0.2, 0.25) is 0 Å². The van der Waals surface area contributed by atoms with E-state index in [9.17, 15) is 18.0 Å². The van der Waals surface area contributed by atoms with Crippen molar-refractivity contribution in [2.24, 2.45) is 0 Å². The number of carbonyl (C=O) groups excluding carboxylic acids is 1. The highest BCUT2D eigenvalue weighted by molar-refractivity contribution is 9.10. The van der Waals surface area contributed by atoms with E-state index in [0.29, 0.717) is 5.56 Å². The van der Waals surface area contributed by atoms with Crippen LogP contribution in [0.4, 0.5) is 13.2 Å². The average molecular weight is 311 g/mol. The highest BCUT2D eigenvalue weighted by Crippen LogP contribution is 2.27. The molecular formula is C11H10BrF3O2. The minimum Gasteiger partial charge on any atom is -0.405 e. The molecule has 1 unspecified atom stereocenters. The fourth-order valence-corrected chi connectivity index (χ4v) is 1.48. The van der Waals surface area contributed by atoms with Crippen molar-refractivity contribution in [1.29, 1.82) is 0 Å². The van der Waals surface area contributed by atoms with Crippen LogP contribution < -0.4 is 4.74 Å². The average Bonchev–Trinajstić information content (AvgIpc) is 2.18. The second kappa shape index (κ2) is 5.08. The Bertz CT molecular complexity index is 427. The van der Waals surface area contributed by atoms with E-state index in [1.54, 1.807) is 6.92 Å². The minimum atomic E-state index is -4.76. The van der Waals surface area contributed by atoms with Gasteiger partial charge < -0.3 is 4.74 Å². The molecule has 0 saturated heterocycles. The summed E-state index contributed by atoms with van der Waals surface area (Å²) in [4.78, 5) is 11.1. The summed E-state index contributed by atoms with van der Waals surface area (Å²) in [6, 6.07) is 3.99. The van der Waals surface area contributed by atoms with Gasteiger partial charge in [-0.15, -0.1) is 13.2 Å². The molecule has 0 fully saturated rings. The maximum atomic E-state index is 12.1. The molecule has 17 heavy (non-hydrogen) atoms. The minimum absolute atomic E-state index is 0.180. The van der Waals surface area contributed by atoms with Gasteiger partial charge in [-0.05, 0) is 25.5 Å². The van der Waals surface area contributed by atoms with Gasteiger partial charge in [-0.2, -0.15) is 0 Å². The van der Waals surface area contributed by atoms with E-state index in [1.807, 2.05) is 0 Å². The topological polar surface area (TPSA) is 26.3 Å². The van der Waals surface area contributed by atoms with Gasteiger partial charge in [0.15, 0.2) is 5.78 Å². The van der Waals surface area contributed by atoms with Crippen LogP contribution in [0, 0.1) is 6.92 Å². The highest BCUT2D eigenvalue weighted by atomic mass is 79.9. The summed E-state index contributed by atoms with van der Waals surface area (Å²) in [7, 11) is 0. The van der Waals surface area contributed by atoms with Crippen LogP contribution in [0.5, 0.6) is 5.75 Å². The molecule has 0 aromatic heterocycles. The van der Waals surface area contributed by atoms with E-state index >= 15 is 0 Å². The van der Waals surface area contributed by atoms with Crippen molar-refractivity contribution in [3.63, 3.8) is 0 Å². The normalized spacial score (nSPS) is 13.3. The molecule has 94 valence electrons. The molecule has 0 aliphatic rings. The van der Waals surface area contributed by atoms with E-state index < -0.39 is 11.2 Å². The van der Waals surface area contributed by atoms with E-state index in [1.165, 1.54) is 19.1 Å². The van der Waals surface area contributed by atoms with Crippen LogP contribution >= 0.6 is 15.9 Å². The van der Waals surface area contributed by atoms with Gasteiger partial charge in [0, 0.05) is 5.56 Å². The summed E-state index contributed by atoms with van der Waals surface area (Å²) in [6.07, 6.45) is -4.76. The number of ketones is 1. The second-order valence-corrected chi connectivity index (χ2v) is 4.88. The Morgan fingerprint density at radius 2 is 2.00 bits per heavy atom. The maximum absolute atomic E-state index is 12.1. The predicted molar refractivity (Wildman–Crippen MR) is 60.6 cm³/mol. The van der Waals surface area contributed by atoms with E-state index in [0.717, 1.165) is 6.07 Å². The molecule has 0 saturated carbocycles. The number of halogens is 4. The van der Waals surface area contributed by atoms with Crippen LogP contribution in [0.25, 0.3) is 0 Å². The summed E-state index contributed by atoms with van der Waals surface area (Å²) >= 11 is 3.07. The fraction of sp³-hybridized carbons (Fsp3) is 0.364. The molecule has 0 aliphatic heterocycles. The van der Waals surface area contributed by atoms with Gasteiger partial charge in [0.05, 0.1) is 4.83 Å². The number of Topliss-reactive ketones (excluding diaryl/α,β-unsaturated/α-hetero) is 1. The second-order valence-electron chi connectivity index (χ2n) is 3.51. The van der Waals surface area contributed by atoms with E-state index in [2.05, 4.69) is 20.7 Å². The first-order chi connectivity index (χ1) is 7.70. The Hall–Kier alpha value is -1.04. The first-order valence-corrected chi connectivity index (χ1v) is 5.67. The number of carbonyl (C=O) groups is 1. The van der Waals surface area contributed by atoms with Crippen molar-refractivity contribution in [3.05, 3.63) is 29.3 Å². The van der Waals surface area contributed by atoms with Gasteiger partial charge in [0.25, 0.3) is 0 Å². The van der Waals surface area contributed by atoms with Crippen molar-refractivity contribution >= 4 is 21.7 Å². The van der Waals surface area contributed by atoms with Gasteiger partial charge in [0.2, 0.25) is 0 Å². The molecule has 0 spiro atoms. The molecule has 0 amide bonds. The zero-order valence-corrected chi connectivity index (χ0v) is 10.7. The lowest BCUT2D eigenvalue weighted by Gasteiger charge is -2.12. The Morgan fingerprint density at radius 1 is 1.41 bits per heavy atom. The van der Waals surface area contributed by atoms with Gasteiger partial charge >= 0.3 is 6.36 Å². The van der Waals surface area contributed by atoms with E-state index in [-0.39, 0.29) is 17.1 Å². The zero-order valence-electron chi connectivity index (χ0n) is 9.14. The monoisotopic (exact) mass is 310 g/mol. The predicted octanol–water partition coefficient (Wildman–Crippen LogP) is 3.86. The lowest BCUT2D eigenvalue weighted by Crippen LogP contribution is -2.18. The standard InChI is InChI=1S/C11H10BrF3O2/c1-6-3-4-8(10(16)7(2)12)5-9(6)17-11(13,14)15/h3-5,7H,1-2H3. The lowest BCUT2D eigenvalue weighted by atomic mass is 10.1.